The average molecular weight is 308 g/mol. The lowest BCUT2D eigenvalue weighted by atomic mass is 10.1. The van der Waals surface area contributed by atoms with E-state index in [1.165, 1.54) is 27.8 Å². The van der Waals surface area contributed by atoms with E-state index in [4.69, 9.17) is 10.1 Å². The lowest BCUT2D eigenvalue weighted by Crippen LogP contribution is -2.06. The topological polar surface area (TPSA) is 38.0 Å². The minimum atomic E-state index is 0.200. The first-order valence-electron chi connectivity index (χ1n) is 8.21. The molecule has 1 aromatic heterocycles. The smallest absolute Gasteiger partial charge is 0.110 e. The van der Waals surface area contributed by atoms with E-state index in [1.54, 1.807) is 0 Å². The van der Waals surface area contributed by atoms with Crippen molar-refractivity contribution in [3.8, 4) is 0 Å². The molecule has 0 aliphatic carbocycles. The number of benzene rings is 2. The maximum atomic E-state index is 9.16. The zero-order valence-electron chi connectivity index (χ0n) is 14.1. The van der Waals surface area contributed by atoms with Gasteiger partial charge in [-0.25, -0.2) is 4.98 Å². The summed E-state index contributed by atoms with van der Waals surface area (Å²) in [6, 6.07) is 13.1. The highest BCUT2D eigenvalue weighted by Gasteiger charge is 2.12. The van der Waals surface area contributed by atoms with Crippen LogP contribution in [0.4, 0.5) is 0 Å². The lowest BCUT2D eigenvalue weighted by molar-refractivity contribution is 0.287. The van der Waals surface area contributed by atoms with Gasteiger partial charge in [0.15, 0.2) is 0 Å². The number of aliphatic hydroxyl groups is 1. The molecule has 0 saturated heterocycles. The molecule has 0 fully saturated rings. The fraction of sp³-hybridized carbons (Fsp3) is 0.350. The van der Waals surface area contributed by atoms with E-state index in [0.717, 1.165) is 30.7 Å². The van der Waals surface area contributed by atoms with Crippen LogP contribution in [0.2, 0.25) is 0 Å². The first-order valence-corrected chi connectivity index (χ1v) is 8.21. The van der Waals surface area contributed by atoms with Crippen LogP contribution in [0.3, 0.4) is 0 Å². The van der Waals surface area contributed by atoms with Gasteiger partial charge in [0, 0.05) is 19.6 Å². The average Bonchev–Trinajstić information content (AvgIpc) is 2.85. The molecular formula is C20H24N2O. The highest BCUT2D eigenvalue weighted by Crippen LogP contribution is 2.23. The monoisotopic (exact) mass is 308 g/mol. The second kappa shape index (κ2) is 6.55. The predicted octanol–water partition coefficient (Wildman–Crippen LogP) is 3.93. The molecule has 120 valence electrons. The molecule has 0 unspecified atom stereocenters. The summed E-state index contributed by atoms with van der Waals surface area (Å²) in [4.78, 5) is 4.82. The second-order valence-electron chi connectivity index (χ2n) is 6.35. The number of aliphatic hydroxyl groups excluding tert-OH is 1. The molecule has 0 bridgehead atoms. The summed E-state index contributed by atoms with van der Waals surface area (Å²) >= 11 is 0. The van der Waals surface area contributed by atoms with Gasteiger partial charge in [-0.15, -0.1) is 0 Å². The van der Waals surface area contributed by atoms with Crippen LogP contribution in [-0.4, -0.2) is 21.3 Å². The van der Waals surface area contributed by atoms with Crippen molar-refractivity contribution in [2.45, 2.75) is 40.2 Å². The van der Waals surface area contributed by atoms with Crippen molar-refractivity contribution >= 4 is 11.0 Å². The van der Waals surface area contributed by atoms with Crippen LogP contribution in [0, 0.1) is 20.8 Å². The summed E-state index contributed by atoms with van der Waals surface area (Å²) in [7, 11) is 0. The molecule has 0 radical (unpaired) electrons. The largest absolute Gasteiger partial charge is 0.396 e. The van der Waals surface area contributed by atoms with E-state index in [2.05, 4.69) is 61.7 Å². The van der Waals surface area contributed by atoms with Crippen LogP contribution in [0.1, 0.15) is 34.5 Å². The number of nitrogens with zero attached hydrogens (tertiary/aromatic N) is 2. The van der Waals surface area contributed by atoms with Gasteiger partial charge < -0.3 is 9.67 Å². The molecule has 0 saturated carbocycles. The van der Waals surface area contributed by atoms with Crippen LogP contribution < -0.4 is 0 Å². The number of hydrogen-bond donors (Lipinski definition) is 1. The molecule has 2 aromatic carbocycles. The van der Waals surface area contributed by atoms with Gasteiger partial charge in [-0.1, -0.05) is 29.8 Å². The fourth-order valence-electron chi connectivity index (χ4n) is 2.91. The zero-order valence-corrected chi connectivity index (χ0v) is 14.1. The standard InChI is InChI=1S/C20H24N2O/c1-14-6-8-17(9-7-14)13-22-19-12-16(3)15(2)11-18(19)21-20(22)5-4-10-23/h6-9,11-12,23H,4-5,10,13H2,1-3H3. The number of hydrogen-bond acceptors (Lipinski definition) is 2. The van der Waals surface area contributed by atoms with Gasteiger partial charge in [-0.05, 0) is 56.0 Å². The van der Waals surface area contributed by atoms with Crippen molar-refractivity contribution in [2.75, 3.05) is 6.61 Å². The van der Waals surface area contributed by atoms with Crippen molar-refractivity contribution < 1.29 is 5.11 Å². The maximum Gasteiger partial charge on any atom is 0.110 e. The maximum absolute atomic E-state index is 9.16. The molecule has 0 amide bonds. The van der Waals surface area contributed by atoms with Gasteiger partial charge >= 0.3 is 0 Å². The Labute approximate surface area is 137 Å². The second-order valence-corrected chi connectivity index (χ2v) is 6.35. The number of aromatic nitrogens is 2. The summed E-state index contributed by atoms with van der Waals surface area (Å²) in [5, 5.41) is 9.16. The van der Waals surface area contributed by atoms with E-state index < -0.39 is 0 Å². The Morgan fingerprint density at radius 2 is 1.70 bits per heavy atom. The Hall–Kier alpha value is -2.13. The van der Waals surface area contributed by atoms with E-state index >= 15 is 0 Å². The summed E-state index contributed by atoms with van der Waals surface area (Å²) in [6.45, 7) is 7.40. The molecule has 0 aliphatic heterocycles. The number of rotatable bonds is 5. The lowest BCUT2D eigenvalue weighted by Gasteiger charge is -2.10. The van der Waals surface area contributed by atoms with Crippen LogP contribution in [0.15, 0.2) is 36.4 Å². The summed E-state index contributed by atoms with van der Waals surface area (Å²) in [6.07, 6.45) is 1.55. The minimum absolute atomic E-state index is 0.200. The van der Waals surface area contributed by atoms with Gasteiger partial charge in [0.05, 0.1) is 11.0 Å². The van der Waals surface area contributed by atoms with Gasteiger partial charge in [0.25, 0.3) is 0 Å². The fourth-order valence-corrected chi connectivity index (χ4v) is 2.91. The minimum Gasteiger partial charge on any atom is -0.396 e. The third kappa shape index (κ3) is 3.30. The first kappa shape index (κ1) is 15.8. The van der Waals surface area contributed by atoms with Gasteiger partial charge in [0.2, 0.25) is 0 Å². The van der Waals surface area contributed by atoms with Crippen LogP contribution in [0.25, 0.3) is 11.0 Å². The van der Waals surface area contributed by atoms with E-state index in [1.807, 2.05) is 0 Å². The Morgan fingerprint density at radius 1 is 1.00 bits per heavy atom. The molecule has 0 spiro atoms. The van der Waals surface area contributed by atoms with E-state index in [9.17, 15) is 0 Å². The Balaban J connectivity index is 2.07. The molecule has 0 atom stereocenters. The van der Waals surface area contributed by atoms with Gasteiger partial charge in [0.1, 0.15) is 5.82 Å². The van der Waals surface area contributed by atoms with E-state index in [-0.39, 0.29) is 6.61 Å². The third-order valence-corrected chi connectivity index (χ3v) is 4.46. The van der Waals surface area contributed by atoms with Gasteiger partial charge in [-0.3, -0.25) is 0 Å². The summed E-state index contributed by atoms with van der Waals surface area (Å²) in [5.74, 6) is 1.06. The SMILES string of the molecule is Cc1ccc(Cn2c(CCCO)nc3cc(C)c(C)cc32)cc1. The highest BCUT2D eigenvalue weighted by atomic mass is 16.2. The molecule has 23 heavy (non-hydrogen) atoms. The van der Waals surface area contributed by atoms with Crippen LogP contribution >= 0.6 is 0 Å². The molecule has 3 aromatic rings. The molecule has 3 heteroatoms. The Bertz CT molecular complexity index is 816. The molecule has 1 N–H and O–H groups in total. The van der Waals surface area contributed by atoms with Crippen LogP contribution in [-0.2, 0) is 13.0 Å². The Kier molecular flexibility index (Phi) is 4.49. The van der Waals surface area contributed by atoms with Crippen molar-refractivity contribution in [3.05, 3.63) is 64.5 Å². The zero-order chi connectivity index (χ0) is 16.4. The normalized spacial score (nSPS) is 11.3. The molecule has 3 rings (SSSR count). The third-order valence-electron chi connectivity index (χ3n) is 4.46. The van der Waals surface area contributed by atoms with Crippen molar-refractivity contribution in [1.82, 2.24) is 9.55 Å². The summed E-state index contributed by atoms with van der Waals surface area (Å²) in [5.41, 5.74) is 7.34. The number of aryl methyl sites for hydroxylation is 4. The quantitative estimate of drug-likeness (QED) is 0.775. The first-order chi connectivity index (χ1) is 11.1. The molecule has 0 aliphatic rings. The molecule has 3 nitrogen and oxygen atoms in total. The van der Waals surface area contributed by atoms with Crippen molar-refractivity contribution in [1.29, 1.82) is 0 Å². The summed E-state index contributed by atoms with van der Waals surface area (Å²) < 4.78 is 2.29. The highest BCUT2D eigenvalue weighted by molar-refractivity contribution is 5.78. The Morgan fingerprint density at radius 3 is 2.39 bits per heavy atom. The van der Waals surface area contributed by atoms with Crippen molar-refractivity contribution in [2.24, 2.45) is 0 Å². The number of fused-ring (bicyclic) bond motifs is 1. The predicted molar refractivity (Wildman–Crippen MR) is 94.9 cm³/mol. The molecule has 1 heterocycles. The number of imidazole rings is 1. The van der Waals surface area contributed by atoms with Crippen LogP contribution in [0.5, 0.6) is 0 Å². The van der Waals surface area contributed by atoms with E-state index in [0.29, 0.717) is 0 Å². The van der Waals surface area contributed by atoms with Crippen molar-refractivity contribution in [3.63, 3.8) is 0 Å². The molecular weight excluding hydrogens is 284 g/mol. The van der Waals surface area contributed by atoms with Gasteiger partial charge in [-0.2, -0.15) is 0 Å².